The molecule has 1 N–H and O–H groups in total. The Labute approximate surface area is 92.0 Å². The van der Waals surface area contributed by atoms with Gasteiger partial charge in [0.1, 0.15) is 0 Å². The topological polar surface area (TPSA) is 37.3 Å². The maximum Gasteiger partial charge on any atom is 0.327 e. The van der Waals surface area contributed by atoms with Crippen LogP contribution in [0.2, 0.25) is 0 Å². The Kier molecular flexibility index (Phi) is 7.33. The van der Waals surface area contributed by atoms with Crippen LogP contribution in [0.3, 0.4) is 0 Å². The van der Waals surface area contributed by atoms with Crippen LogP contribution < -0.4 is 0 Å². The van der Waals surface area contributed by atoms with Crippen LogP contribution in [0.1, 0.15) is 40.0 Å². The van der Waals surface area contributed by atoms with E-state index in [2.05, 4.69) is 32.9 Å². The second kappa shape index (κ2) is 8.04. The highest BCUT2D eigenvalue weighted by molar-refractivity contribution is 5.79. The smallest absolute Gasteiger partial charge is 0.327 e. The van der Waals surface area contributed by atoms with E-state index >= 15 is 0 Å². The van der Waals surface area contributed by atoms with Crippen LogP contribution >= 0.6 is 0 Å². The molecule has 0 amide bonds. The first-order chi connectivity index (χ1) is 7.02. The molecule has 2 heteroatoms. The Bertz CT molecular complexity index is 279. The first kappa shape index (κ1) is 13.7. The average Bonchev–Trinajstić information content (AvgIpc) is 2.11. The zero-order valence-corrected chi connectivity index (χ0v) is 9.79. The van der Waals surface area contributed by atoms with Crippen molar-refractivity contribution in [2.24, 2.45) is 0 Å². The van der Waals surface area contributed by atoms with E-state index in [4.69, 9.17) is 5.11 Å². The van der Waals surface area contributed by atoms with E-state index < -0.39 is 5.97 Å². The van der Waals surface area contributed by atoms with Crippen LogP contribution in [0.15, 0.2) is 35.5 Å². The number of aliphatic carboxylic acids is 1. The van der Waals surface area contributed by atoms with E-state index in [9.17, 15) is 4.79 Å². The average molecular weight is 208 g/mol. The van der Waals surface area contributed by atoms with Crippen LogP contribution in [0.25, 0.3) is 0 Å². The number of hydrogen-bond acceptors (Lipinski definition) is 1. The molecule has 0 spiro atoms. The molecular formula is C13H20O2. The van der Waals surface area contributed by atoms with Gasteiger partial charge < -0.3 is 5.11 Å². The number of rotatable bonds is 6. The number of carboxylic acids is 1. The normalized spacial score (nSPS) is 11.8. The highest BCUT2D eigenvalue weighted by Crippen LogP contribution is 2.07. The molecule has 0 aliphatic heterocycles. The second-order valence-electron chi connectivity index (χ2n) is 3.85. The maximum absolute atomic E-state index is 10.2. The molecule has 0 aromatic carbocycles. The minimum Gasteiger partial charge on any atom is -0.478 e. The van der Waals surface area contributed by atoms with Crippen molar-refractivity contribution < 1.29 is 9.90 Å². The third-order valence-electron chi connectivity index (χ3n) is 1.95. The van der Waals surface area contributed by atoms with Gasteiger partial charge in [0, 0.05) is 6.08 Å². The number of carboxylic acid groups (broad SMARTS) is 1. The van der Waals surface area contributed by atoms with Gasteiger partial charge in [-0.05, 0) is 40.0 Å². The van der Waals surface area contributed by atoms with Gasteiger partial charge in [-0.1, -0.05) is 29.4 Å². The summed E-state index contributed by atoms with van der Waals surface area (Å²) in [5, 5.41) is 8.37. The van der Waals surface area contributed by atoms with Gasteiger partial charge in [0.2, 0.25) is 0 Å². The van der Waals surface area contributed by atoms with E-state index in [1.165, 1.54) is 17.2 Å². The number of carbonyl (C=O) groups is 1. The van der Waals surface area contributed by atoms with E-state index in [0.717, 1.165) is 12.8 Å². The van der Waals surface area contributed by atoms with Crippen molar-refractivity contribution in [1.29, 1.82) is 0 Å². The number of allylic oxidation sites excluding steroid dienone is 5. The third-order valence-corrected chi connectivity index (χ3v) is 1.95. The van der Waals surface area contributed by atoms with Gasteiger partial charge >= 0.3 is 5.97 Å². The Morgan fingerprint density at radius 2 is 1.87 bits per heavy atom. The lowest BCUT2D eigenvalue weighted by Crippen LogP contribution is -1.85. The van der Waals surface area contributed by atoms with Crippen LogP contribution in [-0.4, -0.2) is 11.1 Å². The molecule has 0 fully saturated rings. The lowest BCUT2D eigenvalue weighted by molar-refractivity contribution is -0.131. The fourth-order valence-electron chi connectivity index (χ4n) is 1.13. The Balaban J connectivity index is 3.80. The summed E-state index contributed by atoms with van der Waals surface area (Å²) in [6.07, 6.45) is 9.93. The van der Waals surface area contributed by atoms with Gasteiger partial charge in [0.05, 0.1) is 0 Å². The summed E-state index contributed by atoms with van der Waals surface area (Å²) < 4.78 is 0. The maximum atomic E-state index is 10.2. The molecule has 15 heavy (non-hydrogen) atoms. The van der Waals surface area contributed by atoms with Crippen molar-refractivity contribution >= 4 is 5.97 Å². The van der Waals surface area contributed by atoms with Gasteiger partial charge in [0.25, 0.3) is 0 Å². The van der Waals surface area contributed by atoms with Crippen molar-refractivity contribution in [3.63, 3.8) is 0 Å². The molecule has 0 radical (unpaired) electrons. The fraction of sp³-hybridized carbons (Fsp3) is 0.462. The molecule has 0 heterocycles. The zero-order chi connectivity index (χ0) is 11.7. The van der Waals surface area contributed by atoms with Crippen LogP contribution in [-0.2, 0) is 4.79 Å². The molecule has 0 aromatic heterocycles. The van der Waals surface area contributed by atoms with Crippen molar-refractivity contribution in [2.45, 2.75) is 40.0 Å². The summed E-state index contributed by atoms with van der Waals surface area (Å²) in [7, 11) is 0. The summed E-state index contributed by atoms with van der Waals surface area (Å²) in [4.78, 5) is 10.2. The third kappa shape index (κ3) is 10.6. The summed E-state index contributed by atoms with van der Waals surface area (Å²) in [6, 6.07) is 0. The zero-order valence-electron chi connectivity index (χ0n) is 9.79. The minimum atomic E-state index is -0.884. The Morgan fingerprint density at radius 3 is 2.40 bits per heavy atom. The largest absolute Gasteiger partial charge is 0.478 e. The molecule has 84 valence electrons. The van der Waals surface area contributed by atoms with Gasteiger partial charge in [-0.3, -0.25) is 0 Å². The highest BCUT2D eigenvalue weighted by Gasteiger charge is 1.88. The molecule has 0 aliphatic rings. The lowest BCUT2D eigenvalue weighted by atomic mass is 10.1. The van der Waals surface area contributed by atoms with Crippen molar-refractivity contribution in [3.05, 3.63) is 35.5 Å². The van der Waals surface area contributed by atoms with Crippen molar-refractivity contribution in [2.75, 3.05) is 0 Å². The van der Waals surface area contributed by atoms with Crippen LogP contribution in [0, 0.1) is 0 Å². The molecule has 0 saturated heterocycles. The van der Waals surface area contributed by atoms with E-state index in [-0.39, 0.29) is 0 Å². The molecule has 0 aliphatic carbocycles. The molecule has 0 rings (SSSR count). The first-order valence-corrected chi connectivity index (χ1v) is 5.21. The Hall–Kier alpha value is -1.31. The summed E-state index contributed by atoms with van der Waals surface area (Å²) in [5.74, 6) is -0.884. The molecular weight excluding hydrogens is 188 g/mol. The quantitative estimate of drug-likeness (QED) is 0.533. The van der Waals surface area contributed by atoms with Gasteiger partial charge in [-0.25, -0.2) is 4.79 Å². The highest BCUT2D eigenvalue weighted by atomic mass is 16.4. The molecule has 2 nitrogen and oxygen atoms in total. The van der Waals surface area contributed by atoms with E-state index in [0.29, 0.717) is 6.42 Å². The summed E-state index contributed by atoms with van der Waals surface area (Å²) in [6.45, 7) is 6.26. The van der Waals surface area contributed by atoms with Crippen molar-refractivity contribution in [3.8, 4) is 0 Å². The molecule has 0 atom stereocenters. The Morgan fingerprint density at radius 1 is 1.20 bits per heavy atom. The predicted octanol–water partition coefficient (Wildman–Crippen LogP) is 3.71. The molecule has 0 aromatic rings. The van der Waals surface area contributed by atoms with Crippen molar-refractivity contribution in [1.82, 2.24) is 0 Å². The van der Waals surface area contributed by atoms with Crippen LogP contribution in [0.5, 0.6) is 0 Å². The van der Waals surface area contributed by atoms with E-state index in [1.807, 2.05) is 0 Å². The molecule has 0 saturated carbocycles. The van der Waals surface area contributed by atoms with Gasteiger partial charge in [-0.2, -0.15) is 0 Å². The molecule has 0 unspecified atom stereocenters. The minimum absolute atomic E-state index is 0.701. The van der Waals surface area contributed by atoms with Gasteiger partial charge in [0.15, 0.2) is 0 Å². The second-order valence-corrected chi connectivity index (χ2v) is 3.85. The standard InChI is InChI=1S/C13H20O2/c1-11(2)7-6-9-12(3)8-4-5-10-13(14)15/h5,7-8,10H,4,6,9H2,1-3H3,(H,14,15)/b10-5?,12-8+. The summed E-state index contributed by atoms with van der Waals surface area (Å²) in [5.41, 5.74) is 2.65. The SMILES string of the molecule is CC(C)=CCC/C(C)=C/CC=CC(=O)O. The number of hydrogen-bond donors (Lipinski definition) is 1. The fourth-order valence-corrected chi connectivity index (χ4v) is 1.13. The first-order valence-electron chi connectivity index (χ1n) is 5.21. The molecule has 0 bridgehead atoms. The van der Waals surface area contributed by atoms with Crippen LogP contribution in [0.4, 0.5) is 0 Å². The summed E-state index contributed by atoms with van der Waals surface area (Å²) >= 11 is 0. The van der Waals surface area contributed by atoms with E-state index in [1.54, 1.807) is 6.08 Å². The monoisotopic (exact) mass is 208 g/mol. The van der Waals surface area contributed by atoms with Gasteiger partial charge in [-0.15, -0.1) is 0 Å². The lowest BCUT2D eigenvalue weighted by Gasteiger charge is -1.97. The predicted molar refractivity (Wildman–Crippen MR) is 63.8 cm³/mol.